The van der Waals surface area contributed by atoms with Crippen LogP contribution >= 0.6 is 0 Å². The summed E-state index contributed by atoms with van der Waals surface area (Å²) in [6.07, 6.45) is 4.39. The molecule has 2 N–H and O–H groups in total. The van der Waals surface area contributed by atoms with Crippen molar-refractivity contribution in [3.05, 3.63) is 35.9 Å². The Balaban J connectivity index is 2.13. The molecule has 0 aromatic heterocycles. The second kappa shape index (κ2) is 7.46. The molecule has 0 aliphatic heterocycles. The summed E-state index contributed by atoms with van der Waals surface area (Å²) >= 11 is 0. The third-order valence-corrected chi connectivity index (χ3v) is 3.33. The summed E-state index contributed by atoms with van der Waals surface area (Å²) in [6.45, 7) is 5.62. The van der Waals surface area contributed by atoms with Crippen molar-refractivity contribution in [1.82, 2.24) is 0 Å². The van der Waals surface area contributed by atoms with E-state index in [2.05, 4.69) is 44.2 Å². The van der Waals surface area contributed by atoms with Crippen LogP contribution in [0.3, 0.4) is 0 Å². The first-order valence-corrected chi connectivity index (χ1v) is 6.58. The van der Waals surface area contributed by atoms with E-state index in [9.17, 15) is 0 Å². The lowest BCUT2D eigenvalue weighted by atomic mass is 10.0. The molecule has 1 rings (SSSR count). The van der Waals surface area contributed by atoms with Crippen LogP contribution in [0.5, 0.6) is 0 Å². The first kappa shape index (κ1) is 14.2. The van der Waals surface area contributed by atoms with Gasteiger partial charge in [-0.25, -0.2) is 0 Å². The normalized spacial score (nSPS) is 14.5. The van der Waals surface area contributed by atoms with Crippen LogP contribution in [0.25, 0.3) is 0 Å². The van der Waals surface area contributed by atoms with Crippen molar-refractivity contribution >= 4 is 0 Å². The van der Waals surface area contributed by atoms with Crippen LogP contribution in [0.15, 0.2) is 30.3 Å². The van der Waals surface area contributed by atoms with Gasteiger partial charge in [0.05, 0.1) is 5.60 Å². The average molecular weight is 235 g/mol. The topological polar surface area (TPSA) is 35.2 Å². The van der Waals surface area contributed by atoms with Crippen LogP contribution in [0, 0.1) is 0 Å². The maximum Gasteiger partial charge on any atom is 0.0773 e. The van der Waals surface area contributed by atoms with Gasteiger partial charge in [-0.3, -0.25) is 0 Å². The molecule has 0 radical (unpaired) electrons. The summed E-state index contributed by atoms with van der Waals surface area (Å²) in [5, 5.41) is 0. The summed E-state index contributed by atoms with van der Waals surface area (Å²) < 4.78 is 5.84. The fourth-order valence-corrected chi connectivity index (χ4v) is 1.70. The van der Waals surface area contributed by atoms with Crippen molar-refractivity contribution in [2.24, 2.45) is 5.73 Å². The molecule has 96 valence electrons. The van der Waals surface area contributed by atoms with Crippen molar-refractivity contribution in [1.29, 1.82) is 0 Å². The van der Waals surface area contributed by atoms with Crippen LogP contribution in [-0.4, -0.2) is 18.8 Å². The van der Waals surface area contributed by atoms with Gasteiger partial charge in [-0.1, -0.05) is 37.3 Å². The maximum atomic E-state index is 5.84. The fourth-order valence-electron chi connectivity index (χ4n) is 1.70. The minimum atomic E-state index is -0.132. The number of ether oxygens (including phenoxy) is 1. The summed E-state index contributed by atoms with van der Waals surface area (Å²) in [4.78, 5) is 0. The molecule has 0 bridgehead atoms. The number of hydrogen-bond acceptors (Lipinski definition) is 2. The average Bonchev–Trinajstić information content (AvgIpc) is 2.39. The second-order valence-electron chi connectivity index (χ2n) is 4.80. The van der Waals surface area contributed by atoms with Gasteiger partial charge < -0.3 is 10.5 Å². The SMILES string of the molecule is CCC(C)(CN)OCCCCc1ccccc1. The van der Waals surface area contributed by atoms with E-state index in [4.69, 9.17) is 10.5 Å². The Bertz CT molecular complexity index is 293. The highest BCUT2D eigenvalue weighted by Crippen LogP contribution is 2.14. The third kappa shape index (κ3) is 5.33. The van der Waals surface area contributed by atoms with Gasteiger partial charge in [0.2, 0.25) is 0 Å². The Morgan fingerprint density at radius 1 is 1.18 bits per heavy atom. The van der Waals surface area contributed by atoms with Crippen LogP contribution in [0.2, 0.25) is 0 Å². The van der Waals surface area contributed by atoms with Crippen LogP contribution in [-0.2, 0) is 11.2 Å². The Hall–Kier alpha value is -0.860. The van der Waals surface area contributed by atoms with Gasteiger partial charge in [-0.05, 0) is 38.2 Å². The summed E-state index contributed by atoms with van der Waals surface area (Å²) in [6, 6.07) is 10.6. The van der Waals surface area contributed by atoms with Gasteiger partial charge in [0, 0.05) is 13.2 Å². The molecular formula is C15H25NO. The number of aryl methyl sites for hydroxylation is 1. The molecule has 0 saturated heterocycles. The highest BCUT2D eigenvalue weighted by Gasteiger charge is 2.19. The Morgan fingerprint density at radius 2 is 1.88 bits per heavy atom. The zero-order valence-corrected chi connectivity index (χ0v) is 11.1. The van der Waals surface area contributed by atoms with E-state index < -0.39 is 0 Å². The molecule has 1 unspecified atom stereocenters. The van der Waals surface area contributed by atoms with E-state index in [0.717, 1.165) is 25.9 Å². The molecule has 1 aromatic rings. The fraction of sp³-hybridized carbons (Fsp3) is 0.600. The van der Waals surface area contributed by atoms with Gasteiger partial charge in [0.15, 0.2) is 0 Å². The molecule has 0 amide bonds. The zero-order chi connectivity index (χ0) is 12.6. The van der Waals surface area contributed by atoms with Gasteiger partial charge >= 0.3 is 0 Å². The molecule has 0 heterocycles. The summed E-state index contributed by atoms with van der Waals surface area (Å²) in [5.74, 6) is 0. The Morgan fingerprint density at radius 3 is 2.47 bits per heavy atom. The van der Waals surface area contributed by atoms with E-state index in [1.54, 1.807) is 0 Å². The van der Waals surface area contributed by atoms with Crippen molar-refractivity contribution in [3.8, 4) is 0 Å². The smallest absolute Gasteiger partial charge is 0.0773 e. The molecule has 0 aliphatic rings. The van der Waals surface area contributed by atoms with Gasteiger partial charge in [0.1, 0.15) is 0 Å². The molecule has 17 heavy (non-hydrogen) atoms. The molecule has 0 spiro atoms. The van der Waals surface area contributed by atoms with Crippen molar-refractivity contribution in [2.45, 2.75) is 45.1 Å². The van der Waals surface area contributed by atoms with Gasteiger partial charge in [-0.2, -0.15) is 0 Å². The minimum absolute atomic E-state index is 0.132. The highest BCUT2D eigenvalue weighted by atomic mass is 16.5. The zero-order valence-electron chi connectivity index (χ0n) is 11.1. The molecule has 1 atom stereocenters. The van der Waals surface area contributed by atoms with Gasteiger partial charge in [-0.15, -0.1) is 0 Å². The quantitative estimate of drug-likeness (QED) is 0.702. The summed E-state index contributed by atoms with van der Waals surface area (Å²) in [7, 11) is 0. The van der Waals surface area contributed by atoms with Crippen molar-refractivity contribution in [2.75, 3.05) is 13.2 Å². The predicted molar refractivity (Wildman–Crippen MR) is 73.1 cm³/mol. The lowest BCUT2D eigenvalue weighted by molar-refractivity contribution is -0.0288. The van der Waals surface area contributed by atoms with E-state index in [0.29, 0.717) is 6.54 Å². The Kier molecular flexibility index (Phi) is 6.23. The molecule has 0 fully saturated rings. The number of benzene rings is 1. The lowest BCUT2D eigenvalue weighted by Gasteiger charge is -2.26. The molecular weight excluding hydrogens is 210 g/mol. The molecule has 2 heteroatoms. The number of rotatable bonds is 8. The van der Waals surface area contributed by atoms with Gasteiger partial charge in [0.25, 0.3) is 0 Å². The van der Waals surface area contributed by atoms with Crippen molar-refractivity contribution in [3.63, 3.8) is 0 Å². The molecule has 0 saturated carbocycles. The largest absolute Gasteiger partial charge is 0.374 e. The first-order chi connectivity index (χ1) is 8.20. The van der Waals surface area contributed by atoms with Crippen LogP contribution < -0.4 is 5.73 Å². The Labute approximate surface area is 105 Å². The maximum absolute atomic E-state index is 5.84. The number of unbranched alkanes of at least 4 members (excludes halogenated alkanes) is 1. The van der Waals surface area contributed by atoms with E-state index in [1.807, 2.05) is 0 Å². The highest BCUT2D eigenvalue weighted by molar-refractivity contribution is 5.14. The standard InChI is InChI=1S/C15H25NO/c1-3-15(2,13-16)17-12-8-7-11-14-9-5-4-6-10-14/h4-6,9-10H,3,7-8,11-13,16H2,1-2H3. The predicted octanol–water partition coefficient (Wildman–Crippen LogP) is 3.15. The van der Waals surface area contributed by atoms with Crippen molar-refractivity contribution < 1.29 is 4.74 Å². The van der Waals surface area contributed by atoms with E-state index in [-0.39, 0.29) is 5.60 Å². The third-order valence-electron chi connectivity index (χ3n) is 3.33. The molecule has 2 nitrogen and oxygen atoms in total. The van der Waals surface area contributed by atoms with Crippen LogP contribution in [0.1, 0.15) is 38.7 Å². The number of hydrogen-bond donors (Lipinski definition) is 1. The minimum Gasteiger partial charge on any atom is -0.374 e. The number of nitrogens with two attached hydrogens (primary N) is 1. The van der Waals surface area contributed by atoms with E-state index >= 15 is 0 Å². The second-order valence-corrected chi connectivity index (χ2v) is 4.80. The first-order valence-electron chi connectivity index (χ1n) is 6.58. The molecule has 1 aromatic carbocycles. The summed E-state index contributed by atoms with van der Waals surface area (Å²) in [5.41, 5.74) is 6.97. The molecule has 0 aliphatic carbocycles. The van der Waals surface area contributed by atoms with Crippen LogP contribution in [0.4, 0.5) is 0 Å². The monoisotopic (exact) mass is 235 g/mol. The lowest BCUT2D eigenvalue weighted by Crippen LogP contribution is -2.37. The van der Waals surface area contributed by atoms with E-state index in [1.165, 1.54) is 12.0 Å².